The van der Waals surface area contributed by atoms with E-state index < -0.39 is 17.8 Å². The molecule has 0 aliphatic heterocycles. The van der Waals surface area contributed by atoms with Gasteiger partial charge in [-0.1, -0.05) is 25.1 Å². The Labute approximate surface area is 86.5 Å². The van der Waals surface area contributed by atoms with Crippen LogP contribution in [-0.2, 0) is 12.6 Å². The van der Waals surface area contributed by atoms with Crippen LogP contribution in [0.2, 0.25) is 0 Å². The van der Waals surface area contributed by atoms with Gasteiger partial charge >= 0.3 is 6.18 Å². The summed E-state index contributed by atoms with van der Waals surface area (Å²) < 4.78 is 37.6. The lowest BCUT2D eigenvalue weighted by Gasteiger charge is -2.14. The van der Waals surface area contributed by atoms with Gasteiger partial charge in [-0.2, -0.15) is 13.2 Å². The van der Waals surface area contributed by atoms with Gasteiger partial charge in [0.1, 0.15) is 0 Å². The van der Waals surface area contributed by atoms with Crippen LogP contribution in [-0.4, -0.2) is 11.2 Å². The van der Waals surface area contributed by atoms with Crippen LogP contribution < -0.4 is 0 Å². The largest absolute Gasteiger partial charge is 0.416 e. The van der Waals surface area contributed by atoms with Gasteiger partial charge < -0.3 is 5.11 Å². The van der Waals surface area contributed by atoms with Crippen LogP contribution in [0.1, 0.15) is 24.5 Å². The van der Waals surface area contributed by atoms with Gasteiger partial charge in [-0.3, -0.25) is 0 Å². The van der Waals surface area contributed by atoms with Crippen molar-refractivity contribution >= 4 is 0 Å². The first-order valence-electron chi connectivity index (χ1n) is 4.78. The van der Waals surface area contributed by atoms with Crippen LogP contribution in [0.5, 0.6) is 0 Å². The van der Waals surface area contributed by atoms with E-state index in [0.29, 0.717) is 6.42 Å². The van der Waals surface area contributed by atoms with Crippen molar-refractivity contribution in [3.63, 3.8) is 0 Å². The minimum absolute atomic E-state index is 0.0478. The molecule has 0 bridgehead atoms. The first-order chi connectivity index (χ1) is 6.95. The Bertz CT molecular complexity index is 320. The molecular formula is C11H13F3O. The highest BCUT2D eigenvalue weighted by Crippen LogP contribution is 2.32. The van der Waals surface area contributed by atoms with Crippen molar-refractivity contribution in [3.05, 3.63) is 35.4 Å². The summed E-state index contributed by atoms with van der Waals surface area (Å²) in [5, 5.41) is 9.33. The molecule has 0 saturated carbocycles. The van der Waals surface area contributed by atoms with Crippen molar-refractivity contribution in [1.82, 2.24) is 0 Å². The van der Waals surface area contributed by atoms with Gasteiger partial charge in [0, 0.05) is 0 Å². The van der Waals surface area contributed by atoms with Gasteiger partial charge in [-0.05, 0) is 24.5 Å². The Kier molecular flexibility index (Phi) is 3.74. The Morgan fingerprint density at radius 3 is 2.40 bits per heavy atom. The first-order valence-corrected chi connectivity index (χ1v) is 4.78. The number of hydrogen-bond donors (Lipinski definition) is 1. The van der Waals surface area contributed by atoms with Gasteiger partial charge in [0.15, 0.2) is 0 Å². The van der Waals surface area contributed by atoms with Crippen molar-refractivity contribution in [3.8, 4) is 0 Å². The molecule has 15 heavy (non-hydrogen) atoms. The zero-order valence-electron chi connectivity index (χ0n) is 8.38. The molecule has 0 aromatic heterocycles. The number of aliphatic hydroxyl groups is 1. The molecule has 1 rings (SSSR count). The molecule has 4 heteroatoms. The Morgan fingerprint density at radius 2 is 1.87 bits per heavy atom. The summed E-state index contributed by atoms with van der Waals surface area (Å²) in [7, 11) is 0. The summed E-state index contributed by atoms with van der Waals surface area (Å²) >= 11 is 0. The number of halogens is 3. The summed E-state index contributed by atoms with van der Waals surface area (Å²) in [5.41, 5.74) is -0.503. The first kappa shape index (κ1) is 12.0. The Morgan fingerprint density at radius 1 is 1.27 bits per heavy atom. The summed E-state index contributed by atoms with van der Waals surface area (Å²) in [6, 6.07) is 5.34. The van der Waals surface area contributed by atoms with Crippen molar-refractivity contribution in [2.24, 2.45) is 0 Å². The number of alkyl halides is 3. The minimum Gasteiger partial charge on any atom is -0.393 e. The minimum atomic E-state index is -4.34. The fourth-order valence-corrected chi connectivity index (χ4v) is 1.37. The van der Waals surface area contributed by atoms with Crippen LogP contribution in [0.4, 0.5) is 13.2 Å². The fourth-order valence-electron chi connectivity index (χ4n) is 1.37. The SMILES string of the molecule is CCC(O)Cc1ccccc1C(F)(F)F. The Balaban J connectivity index is 2.97. The monoisotopic (exact) mass is 218 g/mol. The molecule has 1 N–H and O–H groups in total. The van der Waals surface area contributed by atoms with E-state index >= 15 is 0 Å². The van der Waals surface area contributed by atoms with Gasteiger partial charge in [0.05, 0.1) is 11.7 Å². The lowest BCUT2D eigenvalue weighted by molar-refractivity contribution is -0.138. The molecule has 0 saturated heterocycles. The van der Waals surface area contributed by atoms with E-state index in [-0.39, 0.29) is 12.0 Å². The van der Waals surface area contributed by atoms with Crippen molar-refractivity contribution in [1.29, 1.82) is 0 Å². The highest BCUT2D eigenvalue weighted by Gasteiger charge is 2.32. The predicted octanol–water partition coefficient (Wildman–Crippen LogP) is 3.02. The molecule has 84 valence electrons. The molecule has 1 aromatic carbocycles. The second-order valence-corrected chi connectivity index (χ2v) is 3.42. The second-order valence-electron chi connectivity index (χ2n) is 3.42. The maximum Gasteiger partial charge on any atom is 0.416 e. The topological polar surface area (TPSA) is 20.2 Å². The highest BCUT2D eigenvalue weighted by molar-refractivity contribution is 5.30. The number of benzene rings is 1. The van der Waals surface area contributed by atoms with Gasteiger partial charge in [0.25, 0.3) is 0 Å². The van der Waals surface area contributed by atoms with E-state index in [0.717, 1.165) is 6.07 Å². The number of hydrogen-bond acceptors (Lipinski definition) is 1. The molecule has 0 aliphatic carbocycles. The molecule has 1 nitrogen and oxygen atoms in total. The normalized spacial score (nSPS) is 13.9. The molecule has 0 heterocycles. The summed E-state index contributed by atoms with van der Waals surface area (Å²) in [4.78, 5) is 0. The zero-order chi connectivity index (χ0) is 11.5. The molecule has 0 aliphatic rings. The molecule has 1 unspecified atom stereocenters. The van der Waals surface area contributed by atoms with E-state index in [4.69, 9.17) is 0 Å². The second kappa shape index (κ2) is 4.66. The quantitative estimate of drug-likeness (QED) is 0.826. The average molecular weight is 218 g/mol. The van der Waals surface area contributed by atoms with Gasteiger partial charge in [-0.25, -0.2) is 0 Å². The van der Waals surface area contributed by atoms with Crippen molar-refractivity contribution in [2.75, 3.05) is 0 Å². The van der Waals surface area contributed by atoms with E-state index in [9.17, 15) is 18.3 Å². The highest BCUT2D eigenvalue weighted by atomic mass is 19.4. The standard InChI is InChI=1S/C11H13F3O/c1-2-9(15)7-8-5-3-4-6-10(8)11(12,13)14/h3-6,9,15H,2,7H2,1H3. The lowest BCUT2D eigenvalue weighted by atomic mass is 10.0. The number of rotatable bonds is 3. The van der Waals surface area contributed by atoms with Crippen LogP contribution in [0, 0.1) is 0 Å². The summed E-state index contributed by atoms with van der Waals surface area (Å²) in [6.07, 6.45) is -4.56. The van der Waals surface area contributed by atoms with Gasteiger partial charge in [0.2, 0.25) is 0 Å². The zero-order valence-corrected chi connectivity index (χ0v) is 8.38. The molecule has 0 amide bonds. The van der Waals surface area contributed by atoms with E-state index in [1.165, 1.54) is 12.1 Å². The molecule has 0 radical (unpaired) electrons. The average Bonchev–Trinajstić information content (AvgIpc) is 2.17. The van der Waals surface area contributed by atoms with Crippen LogP contribution >= 0.6 is 0 Å². The van der Waals surface area contributed by atoms with Crippen LogP contribution in [0.3, 0.4) is 0 Å². The van der Waals surface area contributed by atoms with E-state index in [1.807, 2.05) is 0 Å². The summed E-state index contributed by atoms with van der Waals surface area (Å²) in [6.45, 7) is 1.74. The van der Waals surface area contributed by atoms with Crippen LogP contribution in [0.25, 0.3) is 0 Å². The third-order valence-electron chi connectivity index (χ3n) is 2.25. The third kappa shape index (κ3) is 3.23. The van der Waals surface area contributed by atoms with Gasteiger partial charge in [-0.15, -0.1) is 0 Å². The maximum atomic E-state index is 12.5. The summed E-state index contributed by atoms with van der Waals surface area (Å²) in [5.74, 6) is 0. The predicted molar refractivity (Wildman–Crippen MR) is 51.4 cm³/mol. The molecular weight excluding hydrogens is 205 g/mol. The maximum absolute atomic E-state index is 12.5. The number of aliphatic hydroxyl groups excluding tert-OH is 1. The van der Waals surface area contributed by atoms with Crippen LogP contribution in [0.15, 0.2) is 24.3 Å². The lowest BCUT2D eigenvalue weighted by Crippen LogP contribution is -2.14. The molecule has 1 aromatic rings. The van der Waals surface area contributed by atoms with E-state index in [1.54, 1.807) is 13.0 Å². The van der Waals surface area contributed by atoms with E-state index in [2.05, 4.69) is 0 Å². The smallest absolute Gasteiger partial charge is 0.393 e. The fraction of sp³-hybridized carbons (Fsp3) is 0.455. The third-order valence-corrected chi connectivity index (χ3v) is 2.25. The molecule has 0 fully saturated rings. The van der Waals surface area contributed by atoms with Crippen molar-refractivity contribution < 1.29 is 18.3 Å². The molecule has 1 atom stereocenters. The van der Waals surface area contributed by atoms with Crippen molar-refractivity contribution in [2.45, 2.75) is 32.0 Å². The Hall–Kier alpha value is -1.03. The molecule has 0 spiro atoms.